The van der Waals surface area contributed by atoms with Gasteiger partial charge in [0.25, 0.3) is 0 Å². The number of aliphatic hydroxyl groups excluding tert-OH is 1. The number of hydrogen-bond donors (Lipinski definition) is 1. The Labute approximate surface area is 70.7 Å². The molecule has 0 aromatic carbocycles. The average molecular weight is 168 g/mol. The summed E-state index contributed by atoms with van der Waals surface area (Å²) in [5.74, 6) is 2.33. The third-order valence-corrected chi connectivity index (χ3v) is 4.30. The van der Waals surface area contributed by atoms with Gasteiger partial charge in [-0.05, 0) is 24.7 Å². The number of aliphatic hydroxyl groups is 1. The fourth-order valence-electron chi connectivity index (χ4n) is 3.97. The molecule has 4 fully saturated rings. The smallest absolute Gasteiger partial charge is 0.164 e. The summed E-state index contributed by atoms with van der Waals surface area (Å²) in [4.78, 5) is 0. The molecule has 0 aromatic rings. The number of ether oxygens (including phenoxy) is 2. The van der Waals surface area contributed by atoms with Crippen LogP contribution >= 0.6 is 0 Å². The first-order valence-corrected chi connectivity index (χ1v) is 4.83. The largest absolute Gasteiger partial charge is 0.368 e. The molecule has 3 heteroatoms. The summed E-state index contributed by atoms with van der Waals surface area (Å²) in [7, 11) is 0. The second kappa shape index (κ2) is 1.72. The summed E-state index contributed by atoms with van der Waals surface area (Å²) in [6, 6.07) is 0. The van der Waals surface area contributed by atoms with Crippen molar-refractivity contribution in [3.05, 3.63) is 0 Å². The van der Waals surface area contributed by atoms with Crippen LogP contribution in [0.25, 0.3) is 0 Å². The van der Waals surface area contributed by atoms with Gasteiger partial charge in [-0.2, -0.15) is 0 Å². The topological polar surface area (TPSA) is 38.7 Å². The molecule has 0 spiro atoms. The summed E-state index contributed by atoms with van der Waals surface area (Å²) in [6.45, 7) is 0. The van der Waals surface area contributed by atoms with Crippen molar-refractivity contribution in [1.29, 1.82) is 0 Å². The van der Waals surface area contributed by atoms with Crippen LogP contribution in [-0.2, 0) is 9.47 Å². The molecule has 3 nitrogen and oxygen atoms in total. The van der Waals surface area contributed by atoms with E-state index in [1.54, 1.807) is 0 Å². The summed E-state index contributed by atoms with van der Waals surface area (Å²) < 4.78 is 11.1. The van der Waals surface area contributed by atoms with Crippen LogP contribution in [0, 0.1) is 23.7 Å². The molecule has 0 amide bonds. The zero-order chi connectivity index (χ0) is 7.87. The van der Waals surface area contributed by atoms with Crippen molar-refractivity contribution in [3.63, 3.8) is 0 Å². The third kappa shape index (κ3) is 0.490. The normalized spacial score (nSPS) is 71.2. The lowest BCUT2D eigenvalue weighted by atomic mass is 9.81. The maximum Gasteiger partial charge on any atom is 0.164 e. The standard InChI is InChI=1S/C9H12O3/c10-8-6-3-1-4-5(2-3)11-9(12-8)7(4)6/h3-10H,1-2H2/t3-,4+,5-,6+,7-,8+,9+/m1/s1. The van der Waals surface area contributed by atoms with E-state index >= 15 is 0 Å². The first-order valence-electron chi connectivity index (χ1n) is 4.83. The van der Waals surface area contributed by atoms with E-state index in [4.69, 9.17) is 9.47 Å². The van der Waals surface area contributed by atoms with Crippen molar-refractivity contribution < 1.29 is 14.6 Å². The minimum absolute atomic E-state index is 0.0625. The van der Waals surface area contributed by atoms with Crippen molar-refractivity contribution in [1.82, 2.24) is 0 Å². The van der Waals surface area contributed by atoms with Gasteiger partial charge in [0.1, 0.15) is 0 Å². The Morgan fingerprint density at radius 2 is 2.00 bits per heavy atom. The Bertz CT molecular complexity index is 235. The summed E-state index contributed by atoms with van der Waals surface area (Å²) in [5.41, 5.74) is 0. The highest BCUT2D eigenvalue weighted by Gasteiger charge is 2.67. The Hall–Kier alpha value is -0.120. The minimum Gasteiger partial charge on any atom is -0.368 e. The van der Waals surface area contributed by atoms with E-state index in [2.05, 4.69) is 0 Å². The Morgan fingerprint density at radius 3 is 2.92 bits per heavy atom. The predicted molar refractivity (Wildman–Crippen MR) is 38.9 cm³/mol. The minimum atomic E-state index is -0.531. The molecule has 66 valence electrons. The zero-order valence-electron chi connectivity index (χ0n) is 6.72. The van der Waals surface area contributed by atoms with Crippen molar-refractivity contribution >= 4 is 0 Å². The lowest BCUT2D eigenvalue weighted by Gasteiger charge is -2.24. The number of rotatable bonds is 0. The second-order valence-electron chi connectivity index (χ2n) is 4.62. The molecular weight excluding hydrogens is 156 g/mol. The zero-order valence-corrected chi connectivity index (χ0v) is 6.72. The second-order valence-corrected chi connectivity index (χ2v) is 4.62. The highest BCUT2D eigenvalue weighted by Crippen LogP contribution is 2.63. The van der Waals surface area contributed by atoms with Gasteiger partial charge in [-0.25, -0.2) is 0 Å². The van der Waals surface area contributed by atoms with Gasteiger partial charge in [-0.1, -0.05) is 0 Å². The van der Waals surface area contributed by atoms with E-state index < -0.39 is 6.29 Å². The lowest BCUT2D eigenvalue weighted by molar-refractivity contribution is -0.206. The quantitative estimate of drug-likeness (QED) is 0.566. The van der Waals surface area contributed by atoms with Crippen molar-refractivity contribution in [2.45, 2.75) is 31.5 Å². The number of hydrogen-bond acceptors (Lipinski definition) is 3. The molecule has 4 aliphatic rings. The Kier molecular flexibility index (Phi) is 0.908. The fourth-order valence-corrected chi connectivity index (χ4v) is 3.97. The molecule has 2 heterocycles. The van der Waals surface area contributed by atoms with Crippen LogP contribution in [0.4, 0.5) is 0 Å². The maximum atomic E-state index is 9.61. The molecule has 7 atom stereocenters. The van der Waals surface area contributed by atoms with Gasteiger partial charge in [-0.15, -0.1) is 0 Å². The molecule has 0 aromatic heterocycles. The van der Waals surface area contributed by atoms with Crippen LogP contribution in [0.3, 0.4) is 0 Å². The molecule has 0 radical (unpaired) electrons. The third-order valence-electron chi connectivity index (χ3n) is 4.30. The van der Waals surface area contributed by atoms with Gasteiger partial charge in [0, 0.05) is 11.8 Å². The van der Waals surface area contributed by atoms with Crippen molar-refractivity contribution in [2.75, 3.05) is 0 Å². The molecular formula is C9H12O3. The van der Waals surface area contributed by atoms with E-state index in [-0.39, 0.29) is 6.29 Å². The molecule has 12 heavy (non-hydrogen) atoms. The maximum absolute atomic E-state index is 9.61. The molecule has 2 saturated heterocycles. The van der Waals surface area contributed by atoms with Crippen LogP contribution in [0.2, 0.25) is 0 Å². The predicted octanol–water partition coefficient (Wildman–Crippen LogP) is 0.332. The van der Waals surface area contributed by atoms with Crippen LogP contribution in [-0.4, -0.2) is 23.8 Å². The molecule has 0 unspecified atom stereocenters. The Balaban J connectivity index is 1.86. The molecule has 2 aliphatic heterocycles. The van der Waals surface area contributed by atoms with Crippen LogP contribution < -0.4 is 0 Å². The lowest BCUT2D eigenvalue weighted by Crippen LogP contribution is -2.29. The van der Waals surface area contributed by atoms with Crippen LogP contribution in [0.1, 0.15) is 12.8 Å². The first kappa shape index (κ1) is 6.35. The summed E-state index contributed by atoms with van der Waals surface area (Å²) in [6.07, 6.45) is 2.32. The van der Waals surface area contributed by atoms with Gasteiger partial charge >= 0.3 is 0 Å². The highest BCUT2D eigenvalue weighted by atomic mass is 16.7. The SMILES string of the molecule is O[C@H]1O[C@@H]2O[C@@H]3C[C@H]4C[C@@H]3[C@@H]2[C@H]41. The molecule has 2 aliphatic carbocycles. The highest BCUT2D eigenvalue weighted by molar-refractivity contribution is 5.09. The van der Waals surface area contributed by atoms with Crippen LogP contribution in [0.5, 0.6) is 0 Å². The molecule has 4 rings (SSSR count). The van der Waals surface area contributed by atoms with Gasteiger partial charge in [0.15, 0.2) is 12.6 Å². The van der Waals surface area contributed by atoms with E-state index in [0.717, 1.165) is 0 Å². The average Bonchev–Trinajstić information content (AvgIpc) is 2.60. The van der Waals surface area contributed by atoms with Crippen LogP contribution in [0.15, 0.2) is 0 Å². The fraction of sp³-hybridized carbons (Fsp3) is 1.00. The molecule has 1 N–H and O–H groups in total. The van der Waals surface area contributed by atoms with Gasteiger partial charge in [0.2, 0.25) is 0 Å². The number of fused-ring (bicyclic) bond motifs is 2. The van der Waals surface area contributed by atoms with E-state index in [1.807, 2.05) is 0 Å². The van der Waals surface area contributed by atoms with Gasteiger partial charge in [-0.3, -0.25) is 0 Å². The Morgan fingerprint density at radius 1 is 1.08 bits per heavy atom. The van der Waals surface area contributed by atoms with Crippen molar-refractivity contribution in [2.24, 2.45) is 23.7 Å². The monoisotopic (exact) mass is 168 g/mol. The molecule has 2 bridgehead atoms. The first-order chi connectivity index (χ1) is 5.84. The summed E-state index contributed by atoms with van der Waals surface area (Å²) in [5, 5.41) is 9.61. The van der Waals surface area contributed by atoms with E-state index in [0.29, 0.717) is 29.8 Å². The van der Waals surface area contributed by atoms with Gasteiger partial charge in [0.05, 0.1) is 6.10 Å². The van der Waals surface area contributed by atoms with Crippen molar-refractivity contribution in [3.8, 4) is 0 Å². The van der Waals surface area contributed by atoms with E-state index in [9.17, 15) is 5.11 Å². The van der Waals surface area contributed by atoms with Gasteiger partial charge < -0.3 is 14.6 Å². The molecule has 2 saturated carbocycles. The summed E-state index contributed by atoms with van der Waals surface area (Å²) >= 11 is 0. The van der Waals surface area contributed by atoms with E-state index in [1.165, 1.54) is 12.8 Å².